The van der Waals surface area contributed by atoms with E-state index in [1.165, 1.54) is 0 Å². The Morgan fingerprint density at radius 1 is 0.818 bits per heavy atom. The Bertz CT molecular complexity index is 1060. The Balaban J connectivity index is 1.38. The lowest BCUT2D eigenvalue weighted by molar-refractivity contribution is -0.0301. The number of carbonyl (C=O) groups is 1. The molecule has 0 aromatic heterocycles. The van der Waals surface area contributed by atoms with Crippen LogP contribution in [0.25, 0.3) is 10.8 Å². The first-order valence-electron chi connectivity index (χ1n) is 11.3. The monoisotopic (exact) mass is 516 g/mol. The van der Waals surface area contributed by atoms with E-state index < -0.39 is 36.4 Å². The second kappa shape index (κ2) is 8.38. The van der Waals surface area contributed by atoms with Crippen LogP contribution < -0.4 is 0 Å². The summed E-state index contributed by atoms with van der Waals surface area (Å²) in [5, 5.41) is 2.04. The lowest BCUT2D eigenvalue weighted by atomic mass is 9.49. The number of fused-ring (bicyclic) bond motifs is 1. The Morgan fingerprint density at radius 3 is 2.03 bits per heavy atom. The second-order valence-corrected chi connectivity index (χ2v) is 11.5. The number of rotatable bonds is 5. The molecule has 9 heteroatoms. The van der Waals surface area contributed by atoms with Crippen molar-refractivity contribution in [2.24, 2.45) is 0 Å². The van der Waals surface area contributed by atoms with E-state index in [4.69, 9.17) is 23.4 Å². The summed E-state index contributed by atoms with van der Waals surface area (Å²) >= 11 is 3.47. The summed E-state index contributed by atoms with van der Waals surface area (Å²) in [4.78, 5) is 12.7. The molecule has 6 nitrogen and oxygen atoms in total. The van der Waals surface area contributed by atoms with Gasteiger partial charge in [0.1, 0.15) is 0 Å². The van der Waals surface area contributed by atoms with Crippen molar-refractivity contribution in [3.8, 4) is 0 Å². The molecule has 0 amide bonds. The van der Waals surface area contributed by atoms with Crippen LogP contribution in [0.2, 0.25) is 0 Å². The van der Waals surface area contributed by atoms with E-state index in [0.717, 1.165) is 15.2 Å². The van der Waals surface area contributed by atoms with E-state index >= 15 is 0 Å². The van der Waals surface area contributed by atoms with Gasteiger partial charge in [-0.1, -0.05) is 28.1 Å². The van der Waals surface area contributed by atoms with E-state index in [2.05, 4.69) is 15.9 Å². The first-order valence-corrected chi connectivity index (χ1v) is 12.1. The average molecular weight is 517 g/mol. The van der Waals surface area contributed by atoms with Crippen molar-refractivity contribution >= 4 is 46.7 Å². The van der Waals surface area contributed by atoms with Crippen LogP contribution in [0.3, 0.4) is 0 Å². The molecule has 2 aromatic carbocycles. The average Bonchev–Trinajstić information content (AvgIpc) is 3.08. The zero-order valence-corrected chi connectivity index (χ0v) is 21.9. The number of esters is 1. The third-order valence-electron chi connectivity index (χ3n) is 7.40. The van der Waals surface area contributed by atoms with Crippen molar-refractivity contribution < 1.29 is 28.1 Å². The van der Waals surface area contributed by atoms with Gasteiger partial charge in [0.25, 0.3) is 0 Å². The smallest absolute Gasteiger partial charge is 0.462 e. The van der Waals surface area contributed by atoms with Crippen LogP contribution in [0.4, 0.5) is 0 Å². The molecule has 2 saturated heterocycles. The summed E-state index contributed by atoms with van der Waals surface area (Å²) in [6.45, 7) is 14.1. The van der Waals surface area contributed by atoms with Gasteiger partial charge in [0.2, 0.25) is 0 Å². The normalized spacial score (nSPS) is 25.6. The summed E-state index contributed by atoms with van der Waals surface area (Å²) in [5.41, 5.74) is -1.73. The van der Waals surface area contributed by atoms with Crippen molar-refractivity contribution in [3.05, 3.63) is 46.4 Å². The van der Waals surface area contributed by atoms with Gasteiger partial charge in [0.15, 0.2) is 0 Å². The fraction of sp³-hybridized carbons (Fsp3) is 0.542. The van der Waals surface area contributed by atoms with Gasteiger partial charge in [0, 0.05) is 10.9 Å². The summed E-state index contributed by atoms with van der Waals surface area (Å²) < 4.78 is 31.4. The Morgan fingerprint density at radius 2 is 1.36 bits per heavy atom. The molecule has 0 spiro atoms. The molecular formula is C24H31B2BrO6. The highest BCUT2D eigenvalue weighted by atomic mass is 79.9. The quantitative estimate of drug-likeness (QED) is 0.392. The minimum atomic E-state index is -0.683. The zero-order chi connectivity index (χ0) is 24.2. The van der Waals surface area contributed by atoms with Crippen LogP contribution in [0.5, 0.6) is 0 Å². The summed E-state index contributed by atoms with van der Waals surface area (Å²) in [6, 6.07) is 11.5. The molecular weight excluding hydrogens is 486 g/mol. The Hall–Kier alpha value is -1.38. The molecule has 2 fully saturated rings. The zero-order valence-electron chi connectivity index (χ0n) is 20.4. The van der Waals surface area contributed by atoms with Crippen LogP contribution in [0.15, 0.2) is 40.9 Å². The molecule has 2 aliphatic rings. The molecule has 33 heavy (non-hydrogen) atoms. The largest absolute Gasteiger partial charge is 0.489 e. The molecule has 2 aliphatic heterocycles. The fourth-order valence-corrected chi connectivity index (χ4v) is 4.45. The topological polar surface area (TPSA) is 63.2 Å². The first-order chi connectivity index (χ1) is 15.2. The van der Waals surface area contributed by atoms with E-state index in [1.54, 1.807) is 6.07 Å². The van der Waals surface area contributed by atoms with Gasteiger partial charge in [-0.3, -0.25) is 0 Å². The van der Waals surface area contributed by atoms with E-state index in [-0.39, 0.29) is 12.6 Å². The third-order valence-corrected chi connectivity index (χ3v) is 7.90. The first kappa shape index (κ1) is 24.7. The number of carbonyl (C=O) groups excluding carboxylic acids is 1. The lowest BCUT2D eigenvalue weighted by Crippen LogP contribution is -2.45. The van der Waals surface area contributed by atoms with Crippen molar-refractivity contribution in [2.45, 2.75) is 77.3 Å². The van der Waals surface area contributed by atoms with Crippen molar-refractivity contribution in [2.75, 3.05) is 6.61 Å². The number of hydrogen-bond donors (Lipinski definition) is 0. The predicted molar refractivity (Wildman–Crippen MR) is 133 cm³/mol. The van der Waals surface area contributed by atoms with E-state index in [0.29, 0.717) is 12.0 Å². The second-order valence-electron chi connectivity index (χ2n) is 10.6. The summed E-state index contributed by atoms with van der Waals surface area (Å²) in [5.74, 6) is -0.359. The maximum atomic E-state index is 12.7. The fourth-order valence-electron chi connectivity index (χ4n) is 4.07. The van der Waals surface area contributed by atoms with Gasteiger partial charge in [-0.15, -0.1) is 0 Å². The number of halogens is 1. The van der Waals surface area contributed by atoms with Crippen LogP contribution in [0, 0.1) is 0 Å². The molecule has 1 atom stereocenters. The van der Waals surface area contributed by atoms with Gasteiger partial charge >= 0.3 is 20.0 Å². The maximum Gasteiger partial charge on any atom is 0.489 e. The number of ether oxygens (including phenoxy) is 1. The molecule has 2 heterocycles. The Kier molecular flexibility index (Phi) is 6.28. The number of hydrogen-bond acceptors (Lipinski definition) is 6. The van der Waals surface area contributed by atoms with Crippen molar-refractivity contribution in [1.82, 2.24) is 0 Å². The molecule has 2 aromatic rings. The van der Waals surface area contributed by atoms with Gasteiger partial charge in [-0.25, -0.2) is 4.79 Å². The van der Waals surface area contributed by atoms with Crippen molar-refractivity contribution in [3.63, 3.8) is 0 Å². The lowest BCUT2D eigenvalue weighted by Gasteiger charge is -2.36. The van der Waals surface area contributed by atoms with Gasteiger partial charge in [-0.05, 0) is 83.5 Å². The van der Waals surface area contributed by atoms with Crippen LogP contribution in [-0.2, 0) is 23.4 Å². The van der Waals surface area contributed by atoms with Gasteiger partial charge in [-0.2, -0.15) is 0 Å². The standard InChI is InChI=1S/C24H31B2BrO6/c1-21(2)22(3,4)31-25(30-21)26-32-23(5,6)24(7,33-26)12-13-29-20(28)18-9-8-17-15-19(27)11-10-16(17)14-18/h8-11,14-15H,12-13H2,1-7H3. The highest BCUT2D eigenvalue weighted by molar-refractivity contribution is 9.10. The van der Waals surface area contributed by atoms with Crippen LogP contribution >= 0.6 is 15.9 Å². The third kappa shape index (κ3) is 4.63. The minimum absolute atomic E-state index is 0.205. The molecule has 0 N–H and O–H groups in total. The summed E-state index contributed by atoms with van der Waals surface area (Å²) in [7, 11) is -1.29. The highest BCUT2D eigenvalue weighted by Crippen LogP contribution is 2.44. The molecule has 0 aliphatic carbocycles. The van der Waals surface area contributed by atoms with Crippen molar-refractivity contribution in [1.29, 1.82) is 0 Å². The summed E-state index contributed by atoms with van der Waals surface area (Å²) in [6.07, 6.45) is 0.474. The molecule has 0 saturated carbocycles. The predicted octanol–water partition coefficient (Wildman–Crippen LogP) is 5.39. The Labute approximate surface area is 205 Å². The van der Waals surface area contributed by atoms with E-state index in [1.807, 2.05) is 78.8 Å². The molecule has 0 bridgehead atoms. The molecule has 4 rings (SSSR count). The van der Waals surface area contributed by atoms with Crippen LogP contribution in [0.1, 0.15) is 65.2 Å². The minimum Gasteiger partial charge on any atom is -0.462 e. The SMILES string of the molecule is CC1(C)OB(B2OC(C)(C)C(C)(CCOC(=O)c3ccc4cc(Br)ccc4c3)O2)OC1(C)C. The van der Waals surface area contributed by atoms with Gasteiger partial charge in [0.05, 0.1) is 34.6 Å². The highest BCUT2D eigenvalue weighted by Gasteiger charge is 2.64. The molecule has 176 valence electrons. The maximum absolute atomic E-state index is 12.7. The van der Waals surface area contributed by atoms with E-state index in [9.17, 15) is 4.79 Å². The molecule has 0 radical (unpaired) electrons. The van der Waals surface area contributed by atoms with Gasteiger partial charge < -0.3 is 23.4 Å². The van der Waals surface area contributed by atoms with Crippen LogP contribution in [-0.4, -0.2) is 49.0 Å². The molecule has 1 unspecified atom stereocenters. The number of benzene rings is 2.